The van der Waals surface area contributed by atoms with E-state index in [1.54, 1.807) is 7.11 Å². The highest BCUT2D eigenvalue weighted by atomic mass is 16.8. The molecule has 4 heteroatoms. The third-order valence-electron chi connectivity index (χ3n) is 4.04. The van der Waals surface area contributed by atoms with Crippen molar-refractivity contribution in [3.63, 3.8) is 0 Å². The van der Waals surface area contributed by atoms with Crippen LogP contribution >= 0.6 is 0 Å². The minimum atomic E-state index is -0.510. The Morgan fingerprint density at radius 2 is 2.00 bits per heavy atom. The van der Waals surface area contributed by atoms with Gasteiger partial charge >= 0.3 is 0 Å². The maximum Gasteiger partial charge on any atom is 0.186 e. The molecule has 1 spiro atoms. The summed E-state index contributed by atoms with van der Waals surface area (Å²) in [5.74, 6) is 0.0849. The van der Waals surface area contributed by atoms with E-state index in [2.05, 4.69) is 6.92 Å². The molecule has 0 bridgehead atoms. The van der Waals surface area contributed by atoms with Crippen LogP contribution in [0.3, 0.4) is 0 Å². The Morgan fingerprint density at radius 1 is 1.25 bits per heavy atom. The molecule has 2 aliphatic heterocycles. The number of hydrogen-bond acceptors (Lipinski definition) is 4. The molecular formula is C12H20O4. The lowest BCUT2D eigenvalue weighted by molar-refractivity contribution is -0.234. The summed E-state index contributed by atoms with van der Waals surface area (Å²) in [6.45, 7) is 6.10. The summed E-state index contributed by atoms with van der Waals surface area (Å²) < 4.78 is 23.2. The van der Waals surface area contributed by atoms with Gasteiger partial charge in [-0.1, -0.05) is 13.3 Å². The second kappa shape index (κ2) is 3.19. The summed E-state index contributed by atoms with van der Waals surface area (Å²) in [6, 6.07) is 0. The summed E-state index contributed by atoms with van der Waals surface area (Å²) in [6.07, 6.45) is 1.89. The lowest BCUT2D eigenvalue weighted by Gasteiger charge is -2.24. The lowest BCUT2D eigenvalue weighted by atomic mass is 10.1. The zero-order chi connectivity index (χ0) is 11.6. The van der Waals surface area contributed by atoms with Gasteiger partial charge in [-0.2, -0.15) is 0 Å². The fourth-order valence-corrected chi connectivity index (χ4v) is 3.21. The first-order valence-electron chi connectivity index (χ1n) is 6.08. The van der Waals surface area contributed by atoms with Crippen molar-refractivity contribution in [2.24, 2.45) is 5.92 Å². The van der Waals surface area contributed by atoms with Crippen molar-refractivity contribution in [2.45, 2.75) is 63.5 Å². The molecule has 1 saturated carbocycles. The van der Waals surface area contributed by atoms with Crippen molar-refractivity contribution in [3.05, 3.63) is 0 Å². The van der Waals surface area contributed by atoms with E-state index in [-0.39, 0.29) is 24.1 Å². The molecule has 3 fully saturated rings. The van der Waals surface area contributed by atoms with E-state index < -0.39 is 5.79 Å². The normalized spacial score (nSPS) is 53.2. The molecule has 3 aliphatic rings. The molecule has 3 rings (SSSR count). The van der Waals surface area contributed by atoms with Crippen LogP contribution in [0, 0.1) is 5.92 Å². The molecule has 0 N–H and O–H groups in total. The summed E-state index contributed by atoms with van der Waals surface area (Å²) in [7, 11) is 1.67. The Hall–Kier alpha value is -0.160. The molecule has 92 valence electrons. The molecule has 4 nitrogen and oxygen atoms in total. The number of hydrogen-bond donors (Lipinski definition) is 0. The number of ether oxygens (including phenoxy) is 4. The molecular weight excluding hydrogens is 208 g/mol. The second-order valence-electron chi connectivity index (χ2n) is 5.51. The first-order chi connectivity index (χ1) is 7.52. The van der Waals surface area contributed by atoms with Gasteiger partial charge < -0.3 is 18.9 Å². The van der Waals surface area contributed by atoms with E-state index in [0.717, 1.165) is 12.8 Å². The Bertz CT molecular complexity index is 303. The van der Waals surface area contributed by atoms with E-state index in [1.807, 2.05) is 13.8 Å². The highest BCUT2D eigenvalue weighted by Gasteiger charge is 2.72. The van der Waals surface area contributed by atoms with Gasteiger partial charge in [0.25, 0.3) is 0 Å². The molecule has 1 unspecified atom stereocenters. The highest BCUT2D eigenvalue weighted by molar-refractivity contribution is 5.18. The molecule has 0 radical (unpaired) electrons. The largest absolute Gasteiger partial charge is 0.353 e. The molecule has 1 aliphatic carbocycles. The molecule has 2 saturated heterocycles. The van der Waals surface area contributed by atoms with Gasteiger partial charge in [0.2, 0.25) is 0 Å². The summed E-state index contributed by atoms with van der Waals surface area (Å²) in [5, 5.41) is 0. The first kappa shape index (κ1) is 11.0. The Labute approximate surface area is 96.2 Å². The van der Waals surface area contributed by atoms with Crippen LogP contribution in [0.15, 0.2) is 0 Å². The Morgan fingerprint density at radius 3 is 2.56 bits per heavy atom. The van der Waals surface area contributed by atoms with Crippen LogP contribution in [-0.4, -0.2) is 37.0 Å². The van der Waals surface area contributed by atoms with Gasteiger partial charge in [-0.05, 0) is 26.2 Å². The summed E-state index contributed by atoms with van der Waals surface area (Å²) >= 11 is 0. The van der Waals surface area contributed by atoms with Gasteiger partial charge in [0, 0.05) is 7.11 Å². The molecule has 0 aromatic rings. The van der Waals surface area contributed by atoms with E-state index in [1.165, 1.54) is 0 Å². The fourth-order valence-electron chi connectivity index (χ4n) is 3.21. The molecule has 2 heterocycles. The predicted octanol–water partition coefficient (Wildman–Crippen LogP) is 1.68. The first-order valence-corrected chi connectivity index (χ1v) is 6.08. The fraction of sp³-hybridized carbons (Fsp3) is 1.00. The van der Waals surface area contributed by atoms with Gasteiger partial charge in [0.1, 0.15) is 17.8 Å². The van der Waals surface area contributed by atoms with Crippen molar-refractivity contribution < 1.29 is 18.9 Å². The standard InChI is InChI=1S/C12H20O4/c1-5-7-6-12(7)9-8(10(13-4)16-12)14-11(2,3)15-9/h7-10H,5-6H2,1-4H3/t7-,8+,9?,10-,12+/m1/s1. The Kier molecular flexibility index (Phi) is 2.19. The van der Waals surface area contributed by atoms with Gasteiger partial charge in [-0.3, -0.25) is 0 Å². The van der Waals surface area contributed by atoms with E-state index >= 15 is 0 Å². The predicted molar refractivity (Wildman–Crippen MR) is 56.8 cm³/mol. The molecule has 0 aromatic heterocycles. The Balaban J connectivity index is 1.85. The molecule has 0 amide bonds. The van der Waals surface area contributed by atoms with Crippen LogP contribution in [-0.2, 0) is 18.9 Å². The van der Waals surface area contributed by atoms with Crippen molar-refractivity contribution >= 4 is 0 Å². The number of rotatable bonds is 2. The van der Waals surface area contributed by atoms with Crippen LogP contribution in [0.2, 0.25) is 0 Å². The molecule has 16 heavy (non-hydrogen) atoms. The topological polar surface area (TPSA) is 36.9 Å². The van der Waals surface area contributed by atoms with Gasteiger partial charge in [0.15, 0.2) is 12.1 Å². The maximum absolute atomic E-state index is 6.00. The summed E-state index contributed by atoms with van der Waals surface area (Å²) in [5.41, 5.74) is -0.131. The smallest absolute Gasteiger partial charge is 0.186 e. The average molecular weight is 228 g/mol. The van der Waals surface area contributed by atoms with Gasteiger partial charge in [-0.15, -0.1) is 0 Å². The van der Waals surface area contributed by atoms with Crippen LogP contribution < -0.4 is 0 Å². The average Bonchev–Trinajstić information content (AvgIpc) is 2.75. The van der Waals surface area contributed by atoms with Crippen LogP contribution in [0.4, 0.5) is 0 Å². The molecule has 5 atom stereocenters. The summed E-state index contributed by atoms with van der Waals surface area (Å²) in [4.78, 5) is 0. The van der Waals surface area contributed by atoms with Crippen molar-refractivity contribution in [1.82, 2.24) is 0 Å². The molecule has 0 aromatic carbocycles. The second-order valence-corrected chi connectivity index (χ2v) is 5.51. The minimum absolute atomic E-state index is 0.0393. The lowest BCUT2D eigenvalue weighted by Crippen LogP contribution is -2.32. The van der Waals surface area contributed by atoms with Crippen molar-refractivity contribution in [1.29, 1.82) is 0 Å². The SMILES string of the molecule is CC[C@@H]1C[C@]12O[C@@H](OC)[C@H]1OC(C)(C)OC12. The number of fused-ring (bicyclic) bond motifs is 2. The van der Waals surface area contributed by atoms with Crippen LogP contribution in [0.25, 0.3) is 0 Å². The van der Waals surface area contributed by atoms with Crippen LogP contribution in [0.5, 0.6) is 0 Å². The zero-order valence-electron chi connectivity index (χ0n) is 10.4. The van der Waals surface area contributed by atoms with Crippen molar-refractivity contribution in [3.8, 4) is 0 Å². The van der Waals surface area contributed by atoms with E-state index in [9.17, 15) is 0 Å². The minimum Gasteiger partial charge on any atom is -0.353 e. The highest BCUT2D eigenvalue weighted by Crippen LogP contribution is 2.61. The number of methoxy groups -OCH3 is 1. The van der Waals surface area contributed by atoms with Crippen LogP contribution in [0.1, 0.15) is 33.6 Å². The van der Waals surface area contributed by atoms with Gasteiger partial charge in [-0.25, -0.2) is 0 Å². The third-order valence-corrected chi connectivity index (χ3v) is 4.04. The quantitative estimate of drug-likeness (QED) is 0.720. The third kappa shape index (κ3) is 1.30. The van der Waals surface area contributed by atoms with E-state index in [0.29, 0.717) is 5.92 Å². The monoisotopic (exact) mass is 228 g/mol. The van der Waals surface area contributed by atoms with E-state index in [4.69, 9.17) is 18.9 Å². The van der Waals surface area contributed by atoms with Crippen molar-refractivity contribution in [2.75, 3.05) is 7.11 Å². The maximum atomic E-state index is 6.00. The van der Waals surface area contributed by atoms with Gasteiger partial charge in [0.05, 0.1) is 0 Å². The zero-order valence-corrected chi connectivity index (χ0v) is 10.4.